The van der Waals surface area contributed by atoms with Crippen molar-refractivity contribution < 1.29 is 26.7 Å². The molecule has 2 aromatic carbocycles. The van der Waals surface area contributed by atoms with Gasteiger partial charge >= 0.3 is 6.18 Å². The van der Waals surface area contributed by atoms with E-state index in [-0.39, 0.29) is 33.7 Å². The summed E-state index contributed by atoms with van der Waals surface area (Å²) >= 11 is 5.60. The SMILES string of the molecule is Cc1nn(CC(=O)Nc2ccc(Cl)c(C(F)(F)F)c2)c2nc(-c3ccccc3)cc(C(F)F)c12. The fourth-order valence-electron chi connectivity index (χ4n) is 3.58. The van der Waals surface area contributed by atoms with Crippen molar-refractivity contribution in [3.05, 3.63) is 76.4 Å². The van der Waals surface area contributed by atoms with Crippen LogP contribution in [0.1, 0.15) is 23.2 Å². The van der Waals surface area contributed by atoms with E-state index in [0.29, 0.717) is 11.6 Å². The van der Waals surface area contributed by atoms with Gasteiger partial charge in [0.25, 0.3) is 6.43 Å². The molecule has 2 heterocycles. The molecule has 11 heteroatoms. The Bertz CT molecular complexity index is 1370. The van der Waals surface area contributed by atoms with Gasteiger partial charge in [-0.1, -0.05) is 41.9 Å². The number of amides is 1. The number of hydrogen-bond donors (Lipinski definition) is 1. The van der Waals surface area contributed by atoms with Gasteiger partial charge in [0, 0.05) is 16.8 Å². The van der Waals surface area contributed by atoms with Crippen molar-refractivity contribution in [3.8, 4) is 11.3 Å². The topological polar surface area (TPSA) is 59.8 Å². The van der Waals surface area contributed by atoms with Crippen LogP contribution in [0.4, 0.5) is 27.6 Å². The van der Waals surface area contributed by atoms with E-state index in [1.807, 2.05) is 0 Å². The number of carbonyl (C=O) groups excluding carboxylic acids is 1. The van der Waals surface area contributed by atoms with Crippen molar-refractivity contribution >= 4 is 34.2 Å². The van der Waals surface area contributed by atoms with Gasteiger partial charge in [0.1, 0.15) is 6.54 Å². The van der Waals surface area contributed by atoms with Crippen LogP contribution in [-0.4, -0.2) is 20.7 Å². The van der Waals surface area contributed by atoms with E-state index in [1.54, 1.807) is 30.3 Å². The van der Waals surface area contributed by atoms with Crippen LogP contribution >= 0.6 is 11.6 Å². The van der Waals surface area contributed by atoms with Gasteiger partial charge in [-0.05, 0) is 31.2 Å². The number of fused-ring (bicyclic) bond motifs is 1. The lowest BCUT2D eigenvalue weighted by Gasteiger charge is -2.12. The smallest absolute Gasteiger partial charge is 0.324 e. The quantitative estimate of drug-likeness (QED) is 0.316. The average Bonchev–Trinajstić information content (AvgIpc) is 3.09. The molecule has 2 aromatic heterocycles. The van der Waals surface area contributed by atoms with Crippen LogP contribution in [-0.2, 0) is 17.5 Å². The predicted octanol–water partition coefficient (Wildman–Crippen LogP) is 6.66. The largest absolute Gasteiger partial charge is 0.417 e. The predicted molar refractivity (Wildman–Crippen MR) is 118 cm³/mol. The Balaban J connectivity index is 1.70. The number of hydrogen-bond acceptors (Lipinski definition) is 3. The Kier molecular flexibility index (Phi) is 6.26. The molecule has 176 valence electrons. The van der Waals surface area contributed by atoms with Gasteiger partial charge < -0.3 is 5.32 Å². The third-order valence-corrected chi connectivity index (χ3v) is 5.39. The molecule has 0 saturated heterocycles. The van der Waals surface area contributed by atoms with E-state index in [4.69, 9.17) is 11.6 Å². The minimum absolute atomic E-state index is 0.0661. The number of aryl methyl sites for hydroxylation is 1. The molecule has 4 rings (SSSR count). The summed E-state index contributed by atoms with van der Waals surface area (Å²) in [5.74, 6) is -0.717. The number of alkyl halides is 5. The summed E-state index contributed by atoms with van der Waals surface area (Å²) in [4.78, 5) is 17.0. The minimum Gasteiger partial charge on any atom is -0.324 e. The molecular weight excluding hydrogens is 479 g/mol. The van der Waals surface area contributed by atoms with Crippen molar-refractivity contribution in [2.24, 2.45) is 0 Å². The molecule has 0 spiro atoms. The Morgan fingerprint density at radius 1 is 1.12 bits per heavy atom. The van der Waals surface area contributed by atoms with Crippen molar-refractivity contribution in [1.82, 2.24) is 14.8 Å². The Hall–Kier alpha value is -3.53. The van der Waals surface area contributed by atoms with Crippen LogP contribution in [0, 0.1) is 6.92 Å². The summed E-state index contributed by atoms with van der Waals surface area (Å²) in [5.41, 5.74) is -0.309. The molecule has 0 unspecified atom stereocenters. The van der Waals surface area contributed by atoms with Crippen molar-refractivity contribution in [3.63, 3.8) is 0 Å². The molecule has 0 aliphatic heterocycles. The molecule has 34 heavy (non-hydrogen) atoms. The Morgan fingerprint density at radius 2 is 1.82 bits per heavy atom. The number of rotatable bonds is 5. The Morgan fingerprint density at radius 3 is 2.47 bits per heavy atom. The molecule has 1 amide bonds. The lowest BCUT2D eigenvalue weighted by atomic mass is 10.1. The number of nitrogens with one attached hydrogen (secondary N) is 1. The van der Waals surface area contributed by atoms with Crippen molar-refractivity contribution in [1.29, 1.82) is 0 Å². The lowest BCUT2D eigenvalue weighted by Crippen LogP contribution is -2.20. The van der Waals surface area contributed by atoms with E-state index in [2.05, 4.69) is 15.4 Å². The number of nitrogens with zero attached hydrogens (tertiary/aromatic N) is 3. The first kappa shape index (κ1) is 23.6. The molecular formula is C23H16ClF5N4O. The first-order chi connectivity index (χ1) is 16.0. The highest BCUT2D eigenvalue weighted by Gasteiger charge is 2.33. The maximum Gasteiger partial charge on any atom is 0.417 e. The summed E-state index contributed by atoms with van der Waals surface area (Å²) in [6.07, 6.45) is -7.51. The van der Waals surface area contributed by atoms with Crippen molar-refractivity contribution in [2.75, 3.05) is 5.32 Å². The van der Waals surface area contributed by atoms with Gasteiger partial charge in [0.15, 0.2) is 5.65 Å². The normalized spacial score (nSPS) is 11.9. The minimum atomic E-state index is -4.70. The third kappa shape index (κ3) is 4.72. The molecule has 0 radical (unpaired) electrons. The Labute approximate surface area is 195 Å². The van der Waals surface area contributed by atoms with Gasteiger partial charge in [-0.3, -0.25) is 4.79 Å². The molecule has 1 N–H and O–H groups in total. The van der Waals surface area contributed by atoms with Crippen LogP contribution < -0.4 is 5.32 Å². The monoisotopic (exact) mass is 494 g/mol. The zero-order chi connectivity index (χ0) is 24.6. The van der Waals surface area contributed by atoms with Crippen LogP contribution in [0.3, 0.4) is 0 Å². The van der Waals surface area contributed by atoms with Crippen molar-refractivity contribution in [2.45, 2.75) is 26.1 Å². The second kappa shape index (κ2) is 9.02. The average molecular weight is 495 g/mol. The summed E-state index contributed by atoms with van der Waals surface area (Å²) < 4.78 is 68.1. The van der Waals surface area contributed by atoms with Crippen LogP contribution in [0.25, 0.3) is 22.3 Å². The van der Waals surface area contributed by atoms with E-state index < -0.39 is 35.6 Å². The first-order valence-electron chi connectivity index (χ1n) is 9.93. The van der Waals surface area contributed by atoms with Gasteiger partial charge in [-0.2, -0.15) is 18.3 Å². The number of anilines is 1. The van der Waals surface area contributed by atoms with E-state index >= 15 is 0 Å². The van der Waals surface area contributed by atoms with E-state index in [0.717, 1.165) is 10.7 Å². The van der Waals surface area contributed by atoms with Gasteiger partial charge in [-0.15, -0.1) is 0 Å². The zero-order valence-electron chi connectivity index (χ0n) is 17.5. The molecule has 0 saturated carbocycles. The zero-order valence-corrected chi connectivity index (χ0v) is 18.3. The molecule has 0 aliphatic carbocycles. The summed E-state index contributed by atoms with van der Waals surface area (Å²) in [6.45, 7) is 1.06. The number of aromatic nitrogens is 3. The van der Waals surface area contributed by atoms with E-state index in [9.17, 15) is 26.7 Å². The maximum absolute atomic E-state index is 13.9. The van der Waals surface area contributed by atoms with Gasteiger partial charge in [0.2, 0.25) is 5.91 Å². The fraction of sp³-hybridized carbons (Fsp3) is 0.174. The fourth-order valence-corrected chi connectivity index (χ4v) is 3.81. The number of benzene rings is 2. The maximum atomic E-state index is 13.9. The molecule has 0 fully saturated rings. The summed E-state index contributed by atoms with van der Waals surface area (Å²) in [5, 5.41) is 6.15. The van der Waals surface area contributed by atoms with Crippen LogP contribution in [0.5, 0.6) is 0 Å². The summed E-state index contributed by atoms with van der Waals surface area (Å²) in [6, 6.07) is 12.9. The van der Waals surface area contributed by atoms with Crippen LogP contribution in [0.2, 0.25) is 5.02 Å². The molecule has 0 aliphatic rings. The van der Waals surface area contributed by atoms with E-state index in [1.165, 1.54) is 19.1 Å². The number of carbonyl (C=O) groups is 1. The third-order valence-electron chi connectivity index (χ3n) is 5.06. The second-order valence-corrected chi connectivity index (χ2v) is 7.85. The molecule has 0 atom stereocenters. The van der Waals surface area contributed by atoms with Crippen LogP contribution in [0.15, 0.2) is 54.6 Å². The highest BCUT2D eigenvalue weighted by molar-refractivity contribution is 6.31. The first-order valence-corrected chi connectivity index (χ1v) is 10.3. The standard InChI is InChI=1S/C23H16ClF5N4O/c1-12-20-15(21(25)26)10-18(13-5-3-2-4-6-13)31-22(20)33(32-12)11-19(34)30-14-7-8-17(24)16(9-14)23(27,28)29/h2-10,21H,11H2,1H3,(H,30,34). The van der Waals surface area contributed by atoms with Gasteiger partial charge in [-0.25, -0.2) is 18.4 Å². The molecule has 5 nitrogen and oxygen atoms in total. The lowest BCUT2D eigenvalue weighted by molar-refractivity contribution is -0.137. The second-order valence-electron chi connectivity index (χ2n) is 7.45. The summed E-state index contributed by atoms with van der Waals surface area (Å²) in [7, 11) is 0. The highest BCUT2D eigenvalue weighted by atomic mass is 35.5. The van der Waals surface area contributed by atoms with Gasteiger partial charge in [0.05, 0.1) is 27.4 Å². The number of pyridine rings is 1. The molecule has 0 bridgehead atoms. The molecule has 4 aromatic rings. The highest BCUT2D eigenvalue weighted by Crippen LogP contribution is 2.36. The number of halogens is 6.